The van der Waals surface area contributed by atoms with E-state index in [9.17, 15) is 14.4 Å². The van der Waals surface area contributed by atoms with Crippen LogP contribution < -0.4 is 0 Å². The SMILES string of the molecule is CCC(=O)OCC(CCCC(=O)O)CC(=O)O. The van der Waals surface area contributed by atoms with Crippen LogP contribution in [0.1, 0.15) is 39.0 Å². The zero-order valence-corrected chi connectivity index (χ0v) is 9.85. The summed E-state index contributed by atoms with van der Waals surface area (Å²) in [4.78, 5) is 31.8. The summed E-state index contributed by atoms with van der Waals surface area (Å²) in [5.41, 5.74) is 0. The van der Waals surface area contributed by atoms with E-state index in [0.29, 0.717) is 12.8 Å². The minimum Gasteiger partial charge on any atom is -0.481 e. The van der Waals surface area contributed by atoms with Crippen molar-refractivity contribution in [2.45, 2.75) is 39.0 Å². The average Bonchev–Trinajstić information content (AvgIpc) is 2.23. The molecule has 0 bridgehead atoms. The van der Waals surface area contributed by atoms with Gasteiger partial charge in [0, 0.05) is 18.8 Å². The summed E-state index contributed by atoms with van der Waals surface area (Å²) in [6.45, 7) is 1.69. The van der Waals surface area contributed by atoms with Crippen LogP contribution in [0.25, 0.3) is 0 Å². The number of aliphatic carboxylic acids is 2. The van der Waals surface area contributed by atoms with Gasteiger partial charge >= 0.3 is 17.9 Å². The molecule has 0 saturated carbocycles. The quantitative estimate of drug-likeness (QED) is 0.594. The molecule has 0 fully saturated rings. The smallest absolute Gasteiger partial charge is 0.305 e. The monoisotopic (exact) mass is 246 g/mol. The molecule has 6 nitrogen and oxygen atoms in total. The molecule has 0 aromatic carbocycles. The van der Waals surface area contributed by atoms with Crippen molar-refractivity contribution < 1.29 is 29.3 Å². The van der Waals surface area contributed by atoms with Crippen molar-refractivity contribution in [3.8, 4) is 0 Å². The van der Waals surface area contributed by atoms with E-state index in [0.717, 1.165) is 0 Å². The highest BCUT2D eigenvalue weighted by atomic mass is 16.5. The number of hydrogen-bond acceptors (Lipinski definition) is 4. The predicted molar refractivity (Wildman–Crippen MR) is 58.5 cm³/mol. The fourth-order valence-electron chi connectivity index (χ4n) is 1.35. The summed E-state index contributed by atoms with van der Waals surface area (Å²) in [6.07, 6.45) is 0.940. The van der Waals surface area contributed by atoms with Crippen molar-refractivity contribution in [1.82, 2.24) is 0 Å². The first-order valence-electron chi connectivity index (χ1n) is 5.54. The van der Waals surface area contributed by atoms with Crippen molar-refractivity contribution in [1.29, 1.82) is 0 Å². The van der Waals surface area contributed by atoms with Gasteiger partial charge in [0.25, 0.3) is 0 Å². The van der Waals surface area contributed by atoms with E-state index in [4.69, 9.17) is 14.9 Å². The van der Waals surface area contributed by atoms with E-state index in [-0.39, 0.29) is 37.8 Å². The first-order chi connectivity index (χ1) is 7.95. The summed E-state index contributed by atoms with van der Waals surface area (Å²) >= 11 is 0. The number of carboxylic acids is 2. The molecular formula is C11H18O6. The molecule has 17 heavy (non-hydrogen) atoms. The average molecular weight is 246 g/mol. The van der Waals surface area contributed by atoms with Crippen molar-refractivity contribution in [2.75, 3.05) is 6.61 Å². The Hall–Kier alpha value is -1.59. The Kier molecular flexibility index (Phi) is 7.75. The van der Waals surface area contributed by atoms with Crippen molar-refractivity contribution >= 4 is 17.9 Å². The molecule has 0 amide bonds. The number of rotatable bonds is 9. The second kappa shape index (κ2) is 8.55. The molecule has 2 N–H and O–H groups in total. The molecule has 0 spiro atoms. The highest BCUT2D eigenvalue weighted by molar-refractivity contribution is 5.69. The van der Waals surface area contributed by atoms with Crippen LogP contribution in [0.3, 0.4) is 0 Å². The lowest BCUT2D eigenvalue weighted by atomic mass is 9.99. The maximum absolute atomic E-state index is 10.9. The minimum atomic E-state index is -0.974. The highest BCUT2D eigenvalue weighted by Crippen LogP contribution is 2.14. The molecule has 0 heterocycles. The van der Waals surface area contributed by atoms with Gasteiger partial charge in [0.2, 0.25) is 0 Å². The highest BCUT2D eigenvalue weighted by Gasteiger charge is 2.15. The van der Waals surface area contributed by atoms with E-state index >= 15 is 0 Å². The Bertz CT molecular complexity index is 273. The molecule has 0 aromatic heterocycles. The number of ether oxygens (including phenoxy) is 1. The zero-order chi connectivity index (χ0) is 13.3. The first kappa shape index (κ1) is 15.4. The van der Waals surface area contributed by atoms with Crippen LogP contribution in [-0.2, 0) is 19.1 Å². The fraction of sp³-hybridized carbons (Fsp3) is 0.727. The maximum atomic E-state index is 10.9. The lowest BCUT2D eigenvalue weighted by molar-refractivity contribution is -0.147. The number of esters is 1. The van der Waals surface area contributed by atoms with Crippen molar-refractivity contribution in [2.24, 2.45) is 5.92 Å². The Morgan fingerprint density at radius 2 is 1.82 bits per heavy atom. The first-order valence-corrected chi connectivity index (χ1v) is 5.54. The molecular weight excluding hydrogens is 228 g/mol. The van der Waals surface area contributed by atoms with Crippen LogP contribution in [0.2, 0.25) is 0 Å². The Morgan fingerprint density at radius 1 is 1.18 bits per heavy atom. The largest absolute Gasteiger partial charge is 0.481 e. The Morgan fingerprint density at radius 3 is 2.29 bits per heavy atom. The number of hydrogen-bond donors (Lipinski definition) is 2. The number of carbonyl (C=O) groups excluding carboxylic acids is 1. The third-order valence-electron chi connectivity index (χ3n) is 2.24. The topological polar surface area (TPSA) is 101 Å². The van der Waals surface area contributed by atoms with E-state index in [1.165, 1.54) is 0 Å². The second-order valence-corrected chi connectivity index (χ2v) is 3.79. The molecule has 0 rings (SSSR count). The predicted octanol–water partition coefficient (Wildman–Crippen LogP) is 1.29. The standard InChI is InChI=1S/C11H18O6/c1-2-11(16)17-7-8(6-10(14)15)4-3-5-9(12)13/h8H,2-7H2,1H3,(H,12,13)(H,14,15). The van der Waals surface area contributed by atoms with E-state index in [2.05, 4.69) is 0 Å². The van der Waals surface area contributed by atoms with Crippen molar-refractivity contribution in [3.63, 3.8) is 0 Å². The molecule has 0 aliphatic heterocycles. The van der Waals surface area contributed by atoms with E-state index in [1.54, 1.807) is 6.92 Å². The Labute approximate surface area is 99.6 Å². The van der Waals surface area contributed by atoms with Gasteiger partial charge in [0.1, 0.15) is 0 Å². The Balaban J connectivity index is 4.00. The summed E-state index contributed by atoms with van der Waals surface area (Å²) in [5, 5.41) is 17.1. The van der Waals surface area contributed by atoms with Gasteiger partial charge in [-0.3, -0.25) is 14.4 Å². The zero-order valence-electron chi connectivity index (χ0n) is 9.85. The van der Waals surface area contributed by atoms with Crippen LogP contribution in [0.4, 0.5) is 0 Å². The molecule has 1 atom stereocenters. The number of carboxylic acid groups (broad SMARTS) is 2. The molecule has 0 radical (unpaired) electrons. The summed E-state index contributed by atoms with van der Waals surface area (Å²) in [7, 11) is 0. The van der Waals surface area contributed by atoms with Gasteiger partial charge in [-0.05, 0) is 12.8 Å². The van der Waals surface area contributed by atoms with Gasteiger partial charge in [0.15, 0.2) is 0 Å². The second-order valence-electron chi connectivity index (χ2n) is 3.79. The van der Waals surface area contributed by atoms with E-state index in [1.807, 2.05) is 0 Å². The maximum Gasteiger partial charge on any atom is 0.305 e. The molecule has 98 valence electrons. The van der Waals surface area contributed by atoms with Gasteiger partial charge in [-0.25, -0.2) is 0 Å². The van der Waals surface area contributed by atoms with Crippen LogP contribution in [-0.4, -0.2) is 34.7 Å². The number of carbonyl (C=O) groups is 3. The van der Waals surface area contributed by atoms with Crippen LogP contribution in [0.5, 0.6) is 0 Å². The third kappa shape index (κ3) is 9.35. The molecule has 0 saturated heterocycles. The normalized spacial score (nSPS) is 11.8. The lowest BCUT2D eigenvalue weighted by Gasteiger charge is -2.14. The van der Waals surface area contributed by atoms with Crippen molar-refractivity contribution in [3.05, 3.63) is 0 Å². The van der Waals surface area contributed by atoms with E-state index < -0.39 is 11.9 Å². The van der Waals surface area contributed by atoms with Gasteiger partial charge in [-0.15, -0.1) is 0 Å². The third-order valence-corrected chi connectivity index (χ3v) is 2.24. The van der Waals surface area contributed by atoms with Gasteiger partial charge in [-0.1, -0.05) is 6.92 Å². The molecule has 0 aliphatic carbocycles. The molecule has 0 aromatic rings. The van der Waals surface area contributed by atoms with Crippen LogP contribution >= 0.6 is 0 Å². The molecule has 6 heteroatoms. The fourth-order valence-corrected chi connectivity index (χ4v) is 1.35. The summed E-state index contributed by atoms with van der Waals surface area (Å²) < 4.78 is 4.86. The molecule has 0 aliphatic rings. The molecule has 1 unspecified atom stereocenters. The van der Waals surface area contributed by atoms with Gasteiger partial charge < -0.3 is 14.9 Å². The summed E-state index contributed by atoms with van der Waals surface area (Å²) in [5.74, 6) is -2.58. The minimum absolute atomic E-state index is 0.00214. The van der Waals surface area contributed by atoms with Gasteiger partial charge in [0.05, 0.1) is 13.0 Å². The lowest BCUT2D eigenvalue weighted by Crippen LogP contribution is -2.17. The van der Waals surface area contributed by atoms with Crippen LogP contribution in [0.15, 0.2) is 0 Å². The van der Waals surface area contributed by atoms with Gasteiger partial charge in [-0.2, -0.15) is 0 Å². The summed E-state index contributed by atoms with van der Waals surface area (Å²) in [6, 6.07) is 0. The van der Waals surface area contributed by atoms with Crippen LogP contribution in [0, 0.1) is 5.92 Å².